The third kappa shape index (κ3) is 5.15. The number of rotatable bonds is 5. The van der Waals surface area contributed by atoms with Gasteiger partial charge < -0.3 is 9.88 Å². The van der Waals surface area contributed by atoms with Crippen LogP contribution in [0.15, 0.2) is 59.7 Å². The Bertz CT molecular complexity index is 1100. The summed E-state index contributed by atoms with van der Waals surface area (Å²) in [5.41, 5.74) is 8.24. The number of hydrazone groups is 1. The molecule has 154 valence electrons. The summed E-state index contributed by atoms with van der Waals surface area (Å²) in [7, 11) is 0. The van der Waals surface area contributed by atoms with Gasteiger partial charge in [-0.1, -0.05) is 35.9 Å². The summed E-state index contributed by atoms with van der Waals surface area (Å²) in [6.07, 6.45) is 1.54. The third-order valence-corrected chi connectivity index (χ3v) is 4.92. The van der Waals surface area contributed by atoms with Gasteiger partial charge in [0.15, 0.2) is 0 Å². The third-order valence-electron chi connectivity index (χ3n) is 4.67. The van der Waals surface area contributed by atoms with E-state index < -0.39 is 11.8 Å². The maximum absolute atomic E-state index is 12.0. The van der Waals surface area contributed by atoms with Crippen molar-refractivity contribution in [3.63, 3.8) is 0 Å². The van der Waals surface area contributed by atoms with Crippen molar-refractivity contribution in [1.29, 1.82) is 0 Å². The molecule has 30 heavy (non-hydrogen) atoms. The molecule has 0 bridgehead atoms. The van der Waals surface area contributed by atoms with Crippen LogP contribution in [0.25, 0.3) is 5.69 Å². The molecule has 0 aliphatic carbocycles. The van der Waals surface area contributed by atoms with Crippen LogP contribution < -0.4 is 10.7 Å². The molecule has 3 rings (SSSR count). The predicted octanol–water partition coefficient (Wildman–Crippen LogP) is 3.82. The fourth-order valence-corrected chi connectivity index (χ4v) is 3.28. The highest BCUT2D eigenvalue weighted by molar-refractivity contribution is 6.35. The molecule has 0 unspecified atom stereocenters. The minimum Gasteiger partial charge on any atom is -0.344 e. The van der Waals surface area contributed by atoms with Gasteiger partial charge in [-0.3, -0.25) is 9.59 Å². The summed E-state index contributed by atoms with van der Waals surface area (Å²) in [6, 6.07) is 17.2. The lowest BCUT2D eigenvalue weighted by Crippen LogP contribution is -2.37. The average Bonchev–Trinajstić information content (AvgIpc) is 3.00. The van der Waals surface area contributed by atoms with Crippen molar-refractivity contribution >= 4 is 29.6 Å². The molecular formula is C23H23ClN4O2. The number of hydrogen-bond acceptors (Lipinski definition) is 3. The molecule has 2 N–H and O–H groups in total. The van der Waals surface area contributed by atoms with E-state index in [0.717, 1.165) is 28.2 Å². The van der Waals surface area contributed by atoms with Gasteiger partial charge in [0.05, 0.1) is 6.21 Å². The molecule has 3 aromatic rings. The summed E-state index contributed by atoms with van der Waals surface area (Å²) < 4.78 is 2.12. The summed E-state index contributed by atoms with van der Waals surface area (Å²) in [6.45, 7) is 6.27. The highest BCUT2D eigenvalue weighted by atomic mass is 35.5. The number of carbonyl (C=O) groups is 2. The van der Waals surface area contributed by atoms with Crippen molar-refractivity contribution in [2.75, 3.05) is 0 Å². The molecule has 6 nitrogen and oxygen atoms in total. The van der Waals surface area contributed by atoms with Crippen molar-refractivity contribution in [2.24, 2.45) is 5.10 Å². The highest BCUT2D eigenvalue weighted by Gasteiger charge is 2.13. The molecule has 2 amide bonds. The van der Waals surface area contributed by atoms with Crippen LogP contribution in [-0.4, -0.2) is 22.6 Å². The molecule has 0 aliphatic heterocycles. The molecule has 0 atom stereocenters. The molecule has 0 spiro atoms. The van der Waals surface area contributed by atoms with Crippen LogP contribution in [0.1, 0.15) is 28.1 Å². The standard InChI is InChI=1S/C23H23ClN4O2/c1-15-5-4-6-21(11-15)28-16(2)12-19(17(28)3)14-26-27-23(30)22(29)25-13-18-7-9-20(24)10-8-18/h4-12,14H,13H2,1-3H3,(H,25,29)(H,27,30)/b26-14-. The molecule has 2 aromatic carbocycles. The lowest BCUT2D eigenvalue weighted by atomic mass is 10.2. The predicted molar refractivity (Wildman–Crippen MR) is 119 cm³/mol. The van der Waals surface area contributed by atoms with E-state index in [-0.39, 0.29) is 6.54 Å². The van der Waals surface area contributed by atoms with Crippen LogP contribution in [0.5, 0.6) is 0 Å². The number of halogens is 1. The van der Waals surface area contributed by atoms with E-state index in [1.165, 1.54) is 5.56 Å². The number of aromatic nitrogens is 1. The first-order chi connectivity index (χ1) is 14.3. The molecule has 1 aromatic heterocycles. The van der Waals surface area contributed by atoms with E-state index in [9.17, 15) is 9.59 Å². The second-order valence-electron chi connectivity index (χ2n) is 7.01. The first-order valence-electron chi connectivity index (χ1n) is 9.47. The van der Waals surface area contributed by atoms with Crippen LogP contribution in [0, 0.1) is 20.8 Å². The number of amides is 2. The Morgan fingerprint density at radius 2 is 1.77 bits per heavy atom. The number of nitrogens with one attached hydrogen (secondary N) is 2. The van der Waals surface area contributed by atoms with Crippen molar-refractivity contribution in [1.82, 2.24) is 15.3 Å². The molecular weight excluding hydrogens is 400 g/mol. The Morgan fingerprint density at radius 1 is 1.03 bits per heavy atom. The Morgan fingerprint density at radius 3 is 2.47 bits per heavy atom. The van der Waals surface area contributed by atoms with Gasteiger partial charge in [0, 0.05) is 34.2 Å². The minimum atomic E-state index is -0.826. The lowest BCUT2D eigenvalue weighted by molar-refractivity contribution is -0.139. The van der Waals surface area contributed by atoms with Crippen molar-refractivity contribution in [3.8, 4) is 5.69 Å². The van der Waals surface area contributed by atoms with E-state index in [2.05, 4.69) is 26.5 Å². The molecule has 0 radical (unpaired) electrons. The number of carbonyl (C=O) groups excluding carboxylic acids is 2. The fourth-order valence-electron chi connectivity index (χ4n) is 3.16. The van der Waals surface area contributed by atoms with E-state index >= 15 is 0 Å². The summed E-state index contributed by atoms with van der Waals surface area (Å²) in [5, 5.41) is 7.10. The Kier molecular flexibility index (Phi) is 6.69. The van der Waals surface area contributed by atoms with Gasteiger partial charge in [-0.2, -0.15) is 5.10 Å². The zero-order valence-corrected chi connectivity index (χ0v) is 17.8. The van der Waals surface area contributed by atoms with E-state index in [0.29, 0.717) is 5.02 Å². The highest BCUT2D eigenvalue weighted by Crippen LogP contribution is 2.20. The Hall–Kier alpha value is -3.38. The minimum absolute atomic E-state index is 0.227. The average molecular weight is 423 g/mol. The fraction of sp³-hybridized carbons (Fsp3) is 0.174. The smallest absolute Gasteiger partial charge is 0.329 e. The lowest BCUT2D eigenvalue weighted by Gasteiger charge is -2.10. The Labute approximate surface area is 180 Å². The van der Waals surface area contributed by atoms with Crippen molar-refractivity contribution < 1.29 is 9.59 Å². The van der Waals surface area contributed by atoms with Gasteiger partial charge in [0.2, 0.25) is 0 Å². The maximum Gasteiger partial charge on any atom is 0.329 e. The van der Waals surface area contributed by atoms with Crippen LogP contribution >= 0.6 is 11.6 Å². The maximum atomic E-state index is 12.0. The van der Waals surface area contributed by atoms with Gasteiger partial charge in [0.1, 0.15) is 0 Å². The molecule has 0 fully saturated rings. The van der Waals surface area contributed by atoms with E-state index in [1.807, 2.05) is 45.0 Å². The molecule has 7 heteroatoms. The largest absolute Gasteiger partial charge is 0.344 e. The monoisotopic (exact) mass is 422 g/mol. The van der Waals surface area contributed by atoms with Crippen LogP contribution in [-0.2, 0) is 16.1 Å². The van der Waals surface area contributed by atoms with Crippen LogP contribution in [0.2, 0.25) is 5.02 Å². The number of aryl methyl sites for hydroxylation is 2. The number of hydrogen-bond donors (Lipinski definition) is 2. The first kappa shape index (κ1) is 21.3. The van der Waals surface area contributed by atoms with Gasteiger partial charge >= 0.3 is 11.8 Å². The second kappa shape index (κ2) is 9.41. The summed E-state index contributed by atoms with van der Waals surface area (Å²) >= 11 is 5.83. The molecule has 0 aliphatic rings. The van der Waals surface area contributed by atoms with E-state index in [1.54, 1.807) is 30.5 Å². The number of benzene rings is 2. The molecule has 0 saturated carbocycles. The van der Waals surface area contributed by atoms with Gasteiger partial charge in [-0.05, 0) is 62.2 Å². The van der Waals surface area contributed by atoms with Crippen LogP contribution in [0.4, 0.5) is 0 Å². The first-order valence-corrected chi connectivity index (χ1v) is 9.84. The Balaban J connectivity index is 1.61. The van der Waals surface area contributed by atoms with Gasteiger partial charge in [-0.25, -0.2) is 5.43 Å². The summed E-state index contributed by atoms with van der Waals surface area (Å²) in [4.78, 5) is 23.9. The number of nitrogens with zero attached hydrogens (tertiary/aromatic N) is 2. The van der Waals surface area contributed by atoms with E-state index in [4.69, 9.17) is 11.6 Å². The topological polar surface area (TPSA) is 75.5 Å². The quantitative estimate of drug-likeness (QED) is 0.372. The normalized spacial score (nSPS) is 10.9. The SMILES string of the molecule is Cc1cccc(-n2c(C)cc(/C=N\NC(=O)C(=O)NCc3ccc(Cl)cc3)c2C)c1. The second-order valence-corrected chi connectivity index (χ2v) is 7.45. The van der Waals surface area contributed by atoms with Gasteiger partial charge in [0.25, 0.3) is 0 Å². The molecule has 1 heterocycles. The zero-order valence-electron chi connectivity index (χ0n) is 17.1. The zero-order chi connectivity index (χ0) is 21.7. The van der Waals surface area contributed by atoms with Gasteiger partial charge in [-0.15, -0.1) is 0 Å². The van der Waals surface area contributed by atoms with Crippen molar-refractivity contribution in [3.05, 3.63) is 87.7 Å². The van der Waals surface area contributed by atoms with Crippen LogP contribution in [0.3, 0.4) is 0 Å². The van der Waals surface area contributed by atoms with Crippen molar-refractivity contribution in [2.45, 2.75) is 27.3 Å². The summed E-state index contributed by atoms with van der Waals surface area (Å²) in [5.74, 6) is -1.58. The molecule has 0 saturated heterocycles.